The second kappa shape index (κ2) is 8.00. The Bertz CT molecular complexity index is 449. The molecule has 2 N–H and O–H groups in total. The van der Waals surface area contributed by atoms with Crippen molar-refractivity contribution in [3.63, 3.8) is 0 Å². The maximum atomic E-state index is 6.11. The molecule has 0 radical (unpaired) electrons. The minimum atomic E-state index is -1.13. The molecule has 0 aliphatic rings. The summed E-state index contributed by atoms with van der Waals surface area (Å²) in [6, 6.07) is 22.2. The SMILES string of the molecule is C[SiH](CCN)OCC(c1ccccc1)c1ccccc1. The first-order chi connectivity index (χ1) is 9.81. The summed E-state index contributed by atoms with van der Waals surface area (Å²) >= 11 is 0. The standard InChI is InChI=1S/C17H23NOSi/c1-20(13-12-18)19-14-17(15-8-4-2-5-9-15)16-10-6-3-7-11-16/h2-11,17,20H,12-14,18H2,1H3. The van der Waals surface area contributed by atoms with E-state index in [9.17, 15) is 0 Å². The number of hydrogen-bond donors (Lipinski definition) is 1. The van der Waals surface area contributed by atoms with E-state index in [0.717, 1.165) is 19.2 Å². The Morgan fingerprint density at radius 3 is 1.90 bits per heavy atom. The van der Waals surface area contributed by atoms with Crippen LogP contribution in [0.15, 0.2) is 60.7 Å². The fourth-order valence-corrected chi connectivity index (χ4v) is 3.49. The third-order valence-corrected chi connectivity index (χ3v) is 5.43. The highest BCUT2D eigenvalue weighted by molar-refractivity contribution is 6.50. The molecular weight excluding hydrogens is 262 g/mol. The zero-order valence-corrected chi connectivity index (χ0v) is 13.2. The van der Waals surface area contributed by atoms with Gasteiger partial charge in [0.05, 0.1) is 0 Å². The lowest BCUT2D eigenvalue weighted by Gasteiger charge is -2.20. The van der Waals surface area contributed by atoms with Gasteiger partial charge in [0, 0.05) is 12.5 Å². The third kappa shape index (κ3) is 4.30. The molecule has 2 aromatic carbocycles. The Kier molecular flexibility index (Phi) is 5.99. The van der Waals surface area contributed by atoms with Gasteiger partial charge in [-0.05, 0) is 30.3 Å². The highest BCUT2D eigenvalue weighted by Crippen LogP contribution is 2.25. The van der Waals surface area contributed by atoms with Gasteiger partial charge in [-0.2, -0.15) is 0 Å². The fraction of sp³-hybridized carbons (Fsp3) is 0.294. The van der Waals surface area contributed by atoms with Gasteiger partial charge in [0.15, 0.2) is 9.04 Å². The molecule has 1 unspecified atom stereocenters. The Hall–Kier alpha value is -1.42. The van der Waals surface area contributed by atoms with Gasteiger partial charge in [-0.3, -0.25) is 0 Å². The molecule has 20 heavy (non-hydrogen) atoms. The maximum Gasteiger partial charge on any atom is 0.175 e. The van der Waals surface area contributed by atoms with E-state index in [1.165, 1.54) is 11.1 Å². The predicted molar refractivity (Wildman–Crippen MR) is 87.6 cm³/mol. The van der Waals surface area contributed by atoms with E-state index in [2.05, 4.69) is 67.2 Å². The Labute approximate surface area is 123 Å². The Balaban J connectivity index is 2.13. The van der Waals surface area contributed by atoms with Gasteiger partial charge in [0.25, 0.3) is 0 Å². The molecule has 106 valence electrons. The summed E-state index contributed by atoms with van der Waals surface area (Å²) < 4.78 is 6.11. The number of nitrogens with two attached hydrogens (primary N) is 1. The first-order valence-electron chi connectivity index (χ1n) is 7.23. The van der Waals surface area contributed by atoms with Crippen LogP contribution in [0.1, 0.15) is 17.0 Å². The summed E-state index contributed by atoms with van der Waals surface area (Å²) in [5.41, 5.74) is 8.24. The van der Waals surface area contributed by atoms with Crippen molar-refractivity contribution in [2.45, 2.75) is 18.5 Å². The second-order valence-electron chi connectivity index (χ2n) is 5.10. The molecule has 0 saturated heterocycles. The predicted octanol–water partition coefficient (Wildman–Crippen LogP) is 3.15. The lowest BCUT2D eigenvalue weighted by Crippen LogP contribution is -2.21. The van der Waals surface area contributed by atoms with E-state index in [0.29, 0.717) is 5.92 Å². The average Bonchev–Trinajstić information content (AvgIpc) is 2.50. The molecule has 0 bridgehead atoms. The third-order valence-electron chi connectivity index (χ3n) is 3.52. The lowest BCUT2D eigenvalue weighted by molar-refractivity contribution is 0.307. The van der Waals surface area contributed by atoms with E-state index in [1.807, 2.05) is 0 Å². The van der Waals surface area contributed by atoms with Crippen LogP contribution in [0.5, 0.6) is 0 Å². The van der Waals surface area contributed by atoms with Gasteiger partial charge in [0.2, 0.25) is 0 Å². The monoisotopic (exact) mass is 285 g/mol. The molecule has 0 aliphatic carbocycles. The average molecular weight is 285 g/mol. The summed E-state index contributed by atoms with van der Waals surface area (Å²) in [6.07, 6.45) is 0. The summed E-state index contributed by atoms with van der Waals surface area (Å²) in [4.78, 5) is 0. The molecule has 0 fully saturated rings. The zero-order chi connectivity index (χ0) is 14.2. The first-order valence-corrected chi connectivity index (χ1v) is 9.67. The maximum absolute atomic E-state index is 6.11. The Morgan fingerprint density at radius 1 is 0.950 bits per heavy atom. The van der Waals surface area contributed by atoms with E-state index < -0.39 is 9.04 Å². The Morgan fingerprint density at radius 2 is 1.45 bits per heavy atom. The molecule has 0 aromatic heterocycles. The van der Waals surface area contributed by atoms with Gasteiger partial charge in [-0.15, -0.1) is 0 Å². The van der Waals surface area contributed by atoms with Crippen molar-refractivity contribution in [3.8, 4) is 0 Å². The van der Waals surface area contributed by atoms with Crippen LogP contribution in [0.4, 0.5) is 0 Å². The van der Waals surface area contributed by atoms with Crippen LogP contribution in [0, 0.1) is 0 Å². The summed E-state index contributed by atoms with van der Waals surface area (Å²) in [6.45, 7) is 3.70. The summed E-state index contributed by atoms with van der Waals surface area (Å²) in [7, 11) is -1.13. The zero-order valence-electron chi connectivity index (χ0n) is 12.0. The number of benzene rings is 2. The van der Waals surface area contributed by atoms with Crippen LogP contribution in [-0.2, 0) is 4.43 Å². The van der Waals surface area contributed by atoms with E-state index in [1.54, 1.807) is 0 Å². The van der Waals surface area contributed by atoms with Crippen LogP contribution in [0.2, 0.25) is 12.6 Å². The van der Waals surface area contributed by atoms with E-state index in [4.69, 9.17) is 10.2 Å². The van der Waals surface area contributed by atoms with Crippen LogP contribution < -0.4 is 5.73 Å². The van der Waals surface area contributed by atoms with Crippen molar-refractivity contribution in [1.82, 2.24) is 0 Å². The minimum absolute atomic E-state index is 0.310. The topological polar surface area (TPSA) is 35.2 Å². The van der Waals surface area contributed by atoms with Gasteiger partial charge < -0.3 is 10.2 Å². The molecule has 1 atom stereocenters. The van der Waals surface area contributed by atoms with Crippen LogP contribution in [0.25, 0.3) is 0 Å². The smallest absolute Gasteiger partial charge is 0.175 e. The molecule has 2 rings (SSSR count). The van der Waals surface area contributed by atoms with Gasteiger partial charge in [0.1, 0.15) is 0 Å². The normalized spacial score (nSPS) is 12.6. The van der Waals surface area contributed by atoms with Crippen molar-refractivity contribution in [1.29, 1.82) is 0 Å². The summed E-state index contributed by atoms with van der Waals surface area (Å²) in [5, 5.41) is 0. The molecule has 0 aliphatic heterocycles. The van der Waals surface area contributed by atoms with E-state index in [-0.39, 0.29) is 0 Å². The van der Waals surface area contributed by atoms with Crippen LogP contribution in [0.3, 0.4) is 0 Å². The molecule has 2 aromatic rings. The molecular formula is C17H23NOSi. The van der Waals surface area contributed by atoms with Crippen LogP contribution in [-0.4, -0.2) is 22.2 Å². The van der Waals surface area contributed by atoms with Crippen molar-refractivity contribution < 1.29 is 4.43 Å². The van der Waals surface area contributed by atoms with Crippen LogP contribution >= 0.6 is 0 Å². The molecule has 0 amide bonds. The van der Waals surface area contributed by atoms with Crippen molar-refractivity contribution >= 4 is 9.04 Å². The minimum Gasteiger partial charge on any atom is -0.419 e. The molecule has 0 saturated carbocycles. The molecule has 3 heteroatoms. The highest BCUT2D eigenvalue weighted by Gasteiger charge is 2.15. The fourth-order valence-electron chi connectivity index (χ4n) is 2.33. The van der Waals surface area contributed by atoms with Crippen molar-refractivity contribution in [2.75, 3.05) is 13.2 Å². The quantitative estimate of drug-likeness (QED) is 0.793. The molecule has 2 nitrogen and oxygen atoms in total. The number of hydrogen-bond acceptors (Lipinski definition) is 2. The van der Waals surface area contributed by atoms with Gasteiger partial charge in [-0.25, -0.2) is 0 Å². The highest BCUT2D eigenvalue weighted by atomic mass is 28.3. The first kappa shape index (κ1) is 15.0. The second-order valence-corrected chi connectivity index (χ2v) is 7.63. The van der Waals surface area contributed by atoms with Crippen molar-refractivity contribution in [3.05, 3.63) is 71.8 Å². The van der Waals surface area contributed by atoms with Gasteiger partial charge in [-0.1, -0.05) is 60.7 Å². The van der Waals surface area contributed by atoms with Gasteiger partial charge >= 0.3 is 0 Å². The summed E-state index contributed by atoms with van der Waals surface area (Å²) in [5.74, 6) is 0.310. The molecule has 0 heterocycles. The van der Waals surface area contributed by atoms with Crippen molar-refractivity contribution in [2.24, 2.45) is 5.73 Å². The molecule has 0 spiro atoms. The lowest BCUT2D eigenvalue weighted by atomic mass is 9.92. The van der Waals surface area contributed by atoms with E-state index >= 15 is 0 Å². The number of rotatable bonds is 7. The largest absolute Gasteiger partial charge is 0.419 e.